The highest BCUT2D eigenvalue weighted by Crippen LogP contribution is 2.22. The molecular formula is C16H17BrN2O3S2. The average Bonchev–Trinajstić information content (AvgIpc) is 3.05. The number of amides is 1. The lowest BCUT2D eigenvalue weighted by molar-refractivity contribution is -0.116. The number of nitrogens with one attached hydrogen (secondary N) is 1. The third-order valence-corrected chi connectivity index (χ3v) is 6.88. The zero-order valence-corrected chi connectivity index (χ0v) is 16.2. The molecular weight excluding hydrogens is 412 g/mol. The number of halogens is 1. The Labute approximate surface area is 154 Å². The molecule has 2 aromatic rings. The van der Waals surface area contributed by atoms with Gasteiger partial charge in [0.25, 0.3) is 10.0 Å². The number of carbonyl (C=O) groups excluding carboxylic acids is 1. The first-order chi connectivity index (χ1) is 11.3. The summed E-state index contributed by atoms with van der Waals surface area (Å²) in [7, 11) is -3.71. The van der Waals surface area contributed by atoms with Crippen LogP contribution in [-0.2, 0) is 14.8 Å². The van der Waals surface area contributed by atoms with Crippen LogP contribution in [0.3, 0.4) is 0 Å². The van der Waals surface area contributed by atoms with E-state index in [1.165, 1.54) is 12.1 Å². The normalized spacial score (nSPS) is 11.5. The molecule has 0 aliphatic rings. The lowest BCUT2D eigenvalue weighted by Gasteiger charge is -2.19. The molecule has 0 aliphatic heterocycles. The summed E-state index contributed by atoms with van der Waals surface area (Å²) in [5.74, 6) is -0.401. The predicted octanol–water partition coefficient (Wildman–Crippen LogP) is 3.63. The summed E-state index contributed by atoms with van der Waals surface area (Å²) in [6.45, 7) is 5.22. The zero-order valence-electron chi connectivity index (χ0n) is 13.0. The average molecular weight is 429 g/mol. The lowest BCUT2D eigenvalue weighted by Crippen LogP contribution is -2.37. The maximum Gasteiger partial charge on any atom is 0.253 e. The summed E-state index contributed by atoms with van der Waals surface area (Å²) in [6, 6.07) is 8.64. The van der Waals surface area contributed by atoms with E-state index in [4.69, 9.17) is 0 Å². The van der Waals surface area contributed by atoms with E-state index in [0.29, 0.717) is 5.69 Å². The topological polar surface area (TPSA) is 66.5 Å². The monoisotopic (exact) mass is 428 g/mol. The number of sulfonamides is 1. The van der Waals surface area contributed by atoms with Gasteiger partial charge in [-0.2, -0.15) is 4.31 Å². The molecule has 1 aromatic heterocycles. The summed E-state index contributed by atoms with van der Waals surface area (Å²) in [6.07, 6.45) is 1.46. The molecule has 0 bridgehead atoms. The van der Waals surface area contributed by atoms with Crippen molar-refractivity contribution in [3.63, 3.8) is 0 Å². The molecule has 1 N–H and O–H groups in total. The SMILES string of the molecule is C=CCN(CC(=O)Nc1ccc(Br)cc1C)S(=O)(=O)c1cccs1. The van der Waals surface area contributed by atoms with E-state index in [9.17, 15) is 13.2 Å². The molecule has 1 aromatic carbocycles. The lowest BCUT2D eigenvalue weighted by atomic mass is 10.2. The minimum absolute atomic E-state index is 0.0625. The summed E-state index contributed by atoms with van der Waals surface area (Å²) in [5.41, 5.74) is 1.53. The minimum atomic E-state index is -3.71. The van der Waals surface area contributed by atoms with Crippen LogP contribution in [0.2, 0.25) is 0 Å². The van der Waals surface area contributed by atoms with Gasteiger partial charge in [-0.15, -0.1) is 17.9 Å². The number of thiophene rings is 1. The Kier molecular flexibility index (Phi) is 6.34. The highest BCUT2D eigenvalue weighted by atomic mass is 79.9. The van der Waals surface area contributed by atoms with Crippen LogP contribution in [0.25, 0.3) is 0 Å². The largest absolute Gasteiger partial charge is 0.325 e. The summed E-state index contributed by atoms with van der Waals surface area (Å²) >= 11 is 4.48. The van der Waals surface area contributed by atoms with Crippen LogP contribution in [0.4, 0.5) is 5.69 Å². The molecule has 0 fully saturated rings. The molecule has 0 saturated carbocycles. The summed E-state index contributed by atoms with van der Waals surface area (Å²) in [5, 5.41) is 4.43. The Morgan fingerprint density at radius 1 is 1.42 bits per heavy atom. The van der Waals surface area contributed by atoms with Gasteiger partial charge in [-0.1, -0.05) is 28.1 Å². The van der Waals surface area contributed by atoms with E-state index in [2.05, 4.69) is 27.8 Å². The number of rotatable bonds is 7. The first-order valence-corrected chi connectivity index (χ1v) is 10.2. The summed E-state index contributed by atoms with van der Waals surface area (Å²) < 4.78 is 27.4. The highest BCUT2D eigenvalue weighted by molar-refractivity contribution is 9.10. The Balaban J connectivity index is 2.15. The Hall–Kier alpha value is -1.48. The highest BCUT2D eigenvalue weighted by Gasteiger charge is 2.26. The van der Waals surface area contributed by atoms with Crippen LogP contribution in [0.15, 0.2) is 57.0 Å². The Bertz CT molecular complexity index is 833. The fraction of sp³-hybridized carbons (Fsp3) is 0.188. The second-order valence-corrected chi connectivity index (χ2v) is 9.05. The first-order valence-electron chi connectivity index (χ1n) is 7.05. The smallest absolute Gasteiger partial charge is 0.253 e. The third-order valence-electron chi connectivity index (χ3n) is 3.20. The van der Waals surface area contributed by atoms with Crippen LogP contribution in [0, 0.1) is 6.92 Å². The summed E-state index contributed by atoms with van der Waals surface area (Å²) in [4.78, 5) is 12.3. The number of nitrogens with zero attached hydrogens (tertiary/aromatic N) is 1. The molecule has 1 amide bonds. The van der Waals surface area contributed by atoms with Crippen molar-refractivity contribution in [1.82, 2.24) is 4.31 Å². The molecule has 0 saturated heterocycles. The van der Waals surface area contributed by atoms with Gasteiger partial charge in [0.05, 0.1) is 6.54 Å². The molecule has 0 aliphatic carbocycles. The second-order valence-electron chi connectivity index (χ2n) is 5.03. The molecule has 1 heterocycles. The molecule has 8 heteroatoms. The van der Waals surface area contributed by atoms with E-state index in [1.54, 1.807) is 17.5 Å². The van der Waals surface area contributed by atoms with Crippen molar-refractivity contribution in [1.29, 1.82) is 0 Å². The van der Waals surface area contributed by atoms with E-state index < -0.39 is 15.9 Å². The van der Waals surface area contributed by atoms with Gasteiger partial charge in [-0.3, -0.25) is 4.79 Å². The van der Waals surface area contributed by atoms with E-state index in [1.807, 2.05) is 19.1 Å². The quantitative estimate of drug-likeness (QED) is 0.684. The predicted molar refractivity (Wildman–Crippen MR) is 101 cm³/mol. The van der Waals surface area contributed by atoms with Gasteiger partial charge in [0.15, 0.2) is 0 Å². The van der Waals surface area contributed by atoms with E-state index in [0.717, 1.165) is 25.7 Å². The Morgan fingerprint density at radius 3 is 2.75 bits per heavy atom. The standard InChI is InChI=1S/C16H17BrN2O3S2/c1-3-8-19(24(21,22)16-5-4-9-23-16)11-15(20)18-14-7-6-13(17)10-12(14)2/h3-7,9-10H,1,8,11H2,2H3,(H,18,20). The van der Waals surface area contributed by atoms with E-state index >= 15 is 0 Å². The number of carbonyl (C=O) groups is 1. The van der Waals surface area contributed by atoms with Gasteiger partial charge in [-0.25, -0.2) is 8.42 Å². The van der Waals surface area contributed by atoms with Crippen LogP contribution >= 0.6 is 27.3 Å². The van der Waals surface area contributed by atoms with Gasteiger partial charge in [-0.05, 0) is 42.1 Å². The van der Waals surface area contributed by atoms with Gasteiger partial charge in [0.1, 0.15) is 4.21 Å². The van der Waals surface area contributed by atoms with Crippen molar-refractivity contribution in [3.05, 3.63) is 58.4 Å². The fourth-order valence-electron chi connectivity index (χ4n) is 2.05. The van der Waals surface area contributed by atoms with Crippen LogP contribution in [0.1, 0.15) is 5.56 Å². The second kappa shape index (κ2) is 8.06. The van der Waals surface area contributed by atoms with Crippen molar-refractivity contribution in [2.24, 2.45) is 0 Å². The molecule has 0 radical (unpaired) electrons. The van der Waals surface area contributed by atoms with Crippen molar-refractivity contribution < 1.29 is 13.2 Å². The van der Waals surface area contributed by atoms with Gasteiger partial charge < -0.3 is 5.32 Å². The fourth-order valence-corrected chi connectivity index (χ4v) is 5.03. The molecule has 128 valence electrons. The van der Waals surface area contributed by atoms with Crippen molar-refractivity contribution in [3.8, 4) is 0 Å². The van der Waals surface area contributed by atoms with Gasteiger partial charge in [0, 0.05) is 16.7 Å². The van der Waals surface area contributed by atoms with Crippen LogP contribution < -0.4 is 5.32 Å². The Morgan fingerprint density at radius 2 is 2.17 bits per heavy atom. The number of aryl methyl sites for hydroxylation is 1. The third kappa shape index (κ3) is 4.54. The minimum Gasteiger partial charge on any atom is -0.325 e. The van der Waals surface area contributed by atoms with Crippen molar-refractivity contribution in [2.75, 3.05) is 18.4 Å². The maximum atomic E-state index is 12.6. The molecule has 5 nitrogen and oxygen atoms in total. The molecule has 0 unspecified atom stereocenters. The van der Waals surface area contributed by atoms with Gasteiger partial charge in [0.2, 0.25) is 5.91 Å². The van der Waals surface area contributed by atoms with Gasteiger partial charge >= 0.3 is 0 Å². The zero-order chi connectivity index (χ0) is 17.7. The number of hydrogen-bond acceptors (Lipinski definition) is 4. The van der Waals surface area contributed by atoms with Crippen molar-refractivity contribution in [2.45, 2.75) is 11.1 Å². The maximum absolute atomic E-state index is 12.6. The van der Waals surface area contributed by atoms with Crippen LogP contribution in [0.5, 0.6) is 0 Å². The van der Waals surface area contributed by atoms with Crippen molar-refractivity contribution >= 4 is 48.9 Å². The number of benzene rings is 1. The van der Waals surface area contributed by atoms with E-state index in [-0.39, 0.29) is 17.3 Å². The molecule has 24 heavy (non-hydrogen) atoms. The molecule has 0 atom stereocenters. The molecule has 2 rings (SSSR count). The first kappa shape index (κ1) is 18.9. The number of anilines is 1. The molecule has 0 spiro atoms. The number of hydrogen-bond donors (Lipinski definition) is 1. The van der Waals surface area contributed by atoms with Crippen LogP contribution in [-0.4, -0.2) is 31.7 Å².